The van der Waals surface area contributed by atoms with Gasteiger partial charge >= 0.3 is 0 Å². The fourth-order valence-corrected chi connectivity index (χ4v) is 3.63. The van der Waals surface area contributed by atoms with Gasteiger partial charge in [0.1, 0.15) is 11.6 Å². The first-order valence-corrected chi connectivity index (χ1v) is 9.04. The van der Waals surface area contributed by atoms with Crippen LogP contribution in [0.2, 0.25) is 0 Å². The molecule has 0 spiro atoms. The van der Waals surface area contributed by atoms with Crippen LogP contribution in [0.3, 0.4) is 0 Å². The highest BCUT2D eigenvalue weighted by molar-refractivity contribution is 7.16. The number of hydrogen-bond donors (Lipinski definition) is 0. The van der Waals surface area contributed by atoms with Gasteiger partial charge in [0.05, 0.1) is 23.2 Å². The summed E-state index contributed by atoms with van der Waals surface area (Å²) >= 11 is 1.33. The predicted molar refractivity (Wildman–Crippen MR) is 97.2 cm³/mol. The Morgan fingerprint density at radius 1 is 1.20 bits per heavy atom. The second kappa shape index (κ2) is 8.07. The molecule has 3 aromatic rings. The minimum Gasteiger partial charge on any atom is -0.493 e. The summed E-state index contributed by atoms with van der Waals surface area (Å²) in [7, 11) is 0. The monoisotopic (exact) mass is 358 g/mol. The summed E-state index contributed by atoms with van der Waals surface area (Å²) in [5, 5.41) is 0. The molecule has 3 rings (SSSR count). The molecule has 25 heavy (non-hydrogen) atoms. The number of para-hydroxylation sites is 2. The standard InChI is InChI=1S/C19H19FN2O2S/c1-2-12-22-18-15(20)9-6-10-16(18)25-19(22)21-17(23)11-13-24-14-7-4-3-5-8-14/h3-10H,2,11-13H2,1H3. The smallest absolute Gasteiger partial charge is 0.251 e. The highest BCUT2D eigenvalue weighted by Crippen LogP contribution is 2.20. The molecule has 0 bridgehead atoms. The molecule has 0 saturated heterocycles. The summed E-state index contributed by atoms with van der Waals surface area (Å²) in [6.07, 6.45) is 1.01. The zero-order valence-corrected chi connectivity index (χ0v) is 14.8. The van der Waals surface area contributed by atoms with Gasteiger partial charge in [-0.15, -0.1) is 0 Å². The molecule has 4 nitrogen and oxygen atoms in total. The van der Waals surface area contributed by atoms with Gasteiger partial charge in [-0.05, 0) is 30.7 Å². The van der Waals surface area contributed by atoms with E-state index in [0.29, 0.717) is 16.9 Å². The number of aryl methyl sites for hydroxylation is 1. The average Bonchev–Trinajstić information content (AvgIpc) is 2.95. The van der Waals surface area contributed by atoms with E-state index < -0.39 is 0 Å². The normalized spacial score (nSPS) is 11.8. The van der Waals surface area contributed by atoms with E-state index in [2.05, 4.69) is 4.99 Å². The van der Waals surface area contributed by atoms with E-state index in [4.69, 9.17) is 4.74 Å². The Morgan fingerprint density at radius 2 is 2.00 bits per heavy atom. The molecule has 130 valence electrons. The summed E-state index contributed by atoms with van der Waals surface area (Å²) < 4.78 is 22.3. The lowest BCUT2D eigenvalue weighted by Crippen LogP contribution is -2.18. The van der Waals surface area contributed by atoms with Gasteiger partial charge in [-0.2, -0.15) is 4.99 Å². The van der Waals surface area contributed by atoms with Gasteiger partial charge in [0.25, 0.3) is 5.91 Å². The van der Waals surface area contributed by atoms with E-state index in [-0.39, 0.29) is 24.8 Å². The minimum atomic E-state index is -0.288. The quantitative estimate of drug-likeness (QED) is 0.664. The molecular weight excluding hydrogens is 339 g/mol. The van der Waals surface area contributed by atoms with Crippen LogP contribution >= 0.6 is 11.3 Å². The number of nitrogens with zero attached hydrogens (tertiary/aromatic N) is 2. The van der Waals surface area contributed by atoms with Crippen LogP contribution in [0, 0.1) is 5.82 Å². The van der Waals surface area contributed by atoms with Crippen molar-refractivity contribution in [1.29, 1.82) is 0 Å². The molecule has 1 amide bonds. The van der Waals surface area contributed by atoms with E-state index in [0.717, 1.165) is 16.9 Å². The third-order valence-corrected chi connectivity index (χ3v) is 4.69. The molecule has 0 aliphatic heterocycles. The van der Waals surface area contributed by atoms with Crippen LogP contribution in [0.5, 0.6) is 5.75 Å². The van der Waals surface area contributed by atoms with Crippen molar-refractivity contribution in [3.05, 3.63) is 59.1 Å². The number of fused-ring (bicyclic) bond motifs is 1. The topological polar surface area (TPSA) is 43.6 Å². The van der Waals surface area contributed by atoms with Gasteiger partial charge in [0.2, 0.25) is 0 Å². The summed E-state index contributed by atoms with van der Waals surface area (Å²) in [5.41, 5.74) is 0.515. The Balaban J connectivity index is 1.79. The van der Waals surface area contributed by atoms with Gasteiger partial charge in [-0.1, -0.05) is 42.5 Å². The fourth-order valence-electron chi connectivity index (χ4n) is 2.54. The molecule has 0 atom stereocenters. The SMILES string of the molecule is CCCn1c(=NC(=O)CCOc2ccccc2)sc2cccc(F)c21. The van der Waals surface area contributed by atoms with Gasteiger partial charge in [0.15, 0.2) is 4.80 Å². The zero-order valence-electron chi connectivity index (χ0n) is 13.9. The Kier molecular flexibility index (Phi) is 5.60. The lowest BCUT2D eigenvalue weighted by Gasteiger charge is -2.04. The molecule has 0 unspecified atom stereocenters. The molecule has 2 aromatic carbocycles. The summed E-state index contributed by atoms with van der Waals surface area (Å²) in [4.78, 5) is 16.9. The summed E-state index contributed by atoms with van der Waals surface area (Å²) in [6.45, 7) is 2.89. The van der Waals surface area contributed by atoms with Gasteiger partial charge in [0, 0.05) is 6.54 Å². The van der Waals surface area contributed by atoms with Crippen molar-refractivity contribution >= 4 is 27.5 Å². The number of halogens is 1. The number of hydrogen-bond acceptors (Lipinski definition) is 3. The van der Waals surface area contributed by atoms with Gasteiger partial charge < -0.3 is 9.30 Å². The number of carbonyl (C=O) groups is 1. The molecule has 6 heteroatoms. The maximum atomic E-state index is 14.2. The second-order valence-corrected chi connectivity index (χ2v) is 6.55. The molecule has 0 radical (unpaired) electrons. The summed E-state index contributed by atoms with van der Waals surface area (Å²) in [5.74, 6) is 0.163. The average molecular weight is 358 g/mol. The largest absolute Gasteiger partial charge is 0.493 e. The first-order chi connectivity index (χ1) is 12.2. The van der Waals surface area contributed by atoms with Crippen LogP contribution in [0.1, 0.15) is 19.8 Å². The number of thiazole rings is 1. The Morgan fingerprint density at radius 3 is 2.76 bits per heavy atom. The molecule has 0 fully saturated rings. The van der Waals surface area contributed by atoms with Crippen LogP contribution in [-0.2, 0) is 11.3 Å². The number of carbonyl (C=O) groups excluding carboxylic acids is 1. The highest BCUT2D eigenvalue weighted by Gasteiger charge is 2.11. The van der Waals surface area contributed by atoms with Crippen molar-refractivity contribution in [2.75, 3.05) is 6.61 Å². The van der Waals surface area contributed by atoms with Gasteiger partial charge in [-0.25, -0.2) is 4.39 Å². The molecule has 0 aliphatic carbocycles. The molecule has 0 saturated carbocycles. The molecule has 0 aliphatic rings. The first kappa shape index (κ1) is 17.4. The van der Waals surface area contributed by atoms with Gasteiger partial charge in [-0.3, -0.25) is 4.79 Å². The maximum Gasteiger partial charge on any atom is 0.251 e. The Hall–Kier alpha value is -2.47. The van der Waals surface area contributed by atoms with Crippen LogP contribution in [0.4, 0.5) is 4.39 Å². The second-order valence-electron chi connectivity index (χ2n) is 5.54. The predicted octanol–water partition coefficient (Wildman–Crippen LogP) is 4.15. The number of benzene rings is 2. The number of ether oxygens (including phenoxy) is 1. The van der Waals surface area contributed by atoms with Crippen molar-refractivity contribution in [2.45, 2.75) is 26.3 Å². The Labute approximate surface area is 149 Å². The van der Waals surface area contributed by atoms with Crippen molar-refractivity contribution in [2.24, 2.45) is 4.99 Å². The summed E-state index contributed by atoms with van der Waals surface area (Å²) in [6, 6.07) is 14.3. The van der Waals surface area contributed by atoms with E-state index in [1.807, 2.05) is 43.3 Å². The van der Waals surface area contributed by atoms with Crippen LogP contribution in [0.25, 0.3) is 10.2 Å². The third-order valence-electron chi connectivity index (χ3n) is 3.65. The number of amides is 1. The van der Waals surface area contributed by atoms with E-state index in [9.17, 15) is 9.18 Å². The van der Waals surface area contributed by atoms with Crippen molar-refractivity contribution in [3.63, 3.8) is 0 Å². The molecular formula is C19H19FN2O2S. The molecule has 1 aromatic heterocycles. The van der Waals surface area contributed by atoms with E-state index in [1.54, 1.807) is 10.6 Å². The lowest BCUT2D eigenvalue weighted by atomic mass is 10.3. The van der Waals surface area contributed by atoms with Crippen LogP contribution < -0.4 is 9.54 Å². The highest BCUT2D eigenvalue weighted by atomic mass is 32.1. The van der Waals surface area contributed by atoms with E-state index >= 15 is 0 Å². The molecule has 0 N–H and O–H groups in total. The first-order valence-electron chi connectivity index (χ1n) is 8.22. The van der Waals surface area contributed by atoms with E-state index in [1.165, 1.54) is 17.4 Å². The third kappa shape index (κ3) is 4.14. The fraction of sp³-hybridized carbons (Fsp3) is 0.263. The molecule has 1 heterocycles. The maximum absolute atomic E-state index is 14.2. The van der Waals surface area contributed by atoms with Crippen LogP contribution in [0.15, 0.2) is 53.5 Å². The lowest BCUT2D eigenvalue weighted by molar-refractivity contribution is -0.118. The van der Waals surface area contributed by atoms with Crippen molar-refractivity contribution in [1.82, 2.24) is 4.57 Å². The van der Waals surface area contributed by atoms with Crippen LogP contribution in [-0.4, -0.2) is 17.1 Å². The van der Waals surface area contributed by atoms with Crippen molar-refractivity contribution < 1.29 is 13.9 Å². The number of aromatic nitrogens is 1. The van der Waals surface area contributed by atoms with Crippen molar-refractivity contribution in [3.8, 4) is 5.75 Å². The zero-order chi connectivity index (χ0) is 17.6. The number of rotatable bonds is 6. The Bertz CT molecular complexity index is 931. The minimum absolute atomic E-state index is 0.178.